The molecule has 0 radical (unpaired) electrons. The second kappa shape index (κ2) is 11.1. The topological polar surface area (TPSA) is 58.5 Å². The lowest BCUT2D eigenvalue weighted by atomic mass is 9.81. The standard InChI is InChI=1S/C16H17FN2.C3H8.C2H6O.H2O/c17-13-8-4-7-12-14-9-18-10-19(14)16(15(12)13)11-5-2-1-3-6-11;2*1-3-2;/h4,7-11,16H,1-3,5-6H2;3H2,1-2H3;1-2H3;1H2/t16-;;;/m1.../s1. The fourth-order valence-electron chi connectivity index (χ4n) is 3.85. The Kier molecular flexibility index (Phi) is 9.52. The van der Waals surface area contributed by atoms with Gasteiger partial charge in [-0.25, -0.2) is 9.37 Å². The van der Waals surface area contributed by atoms with E-state index in [9.17, 15) is 4.39 Å². The summed E-state index contributed by atoms with van der Waals surface area (Å²) >= 11 is 0. The molecule has 1 saturated carbocycles. The van der Waals surface area contributed by atoms with Gasteiger partial charge in [-0.2, -0.15) is 0 Å². The summed E-state index contributed by atoms with van der Waals surface area (Å²) in [7, 11) is 3.25. The van der Waals surface area contributed by atoms with E-state index < -0.39 is 0 Å². The van der Waals surface area contributed by atoms with Crippen LogP contribution in [-0.2, 0) is 4.74 Å². The Hall–Kier alpha value is -1.72. The Morgan fingerprint density at radius 1 is 1.15 bits per heavy atom. The largest absolute Gasteiger partial charge is 0.412 e. The molecule has 2 heterocycles. The molecule has 4 nitrogen and oxygen atoms in total. The normalized spacial score (nSPS) is 17.7. The number of ether oxygens (including phenoxy) is 1. The zero-order valence-electron chi connectivity index (χ0n) is 16.5. The highest BCUT2D eigenvalue weighted by atomic mass is 19.1. The number of fused-ring (bicyclic) bond motifs is 3. The fraction of sp³-hybridized carbons (Fsp3) is 0.571. The molecule has 146 valence electrons. The molecule has 4 rings (SSSR count). The third-order valence-corrected chi connectivity index (χ3v) is 4.69. The summed E-state index contributed by atoms with van der Waals surface area (Å²) in [6.07, 6.45) is 11.3. The lowest BCUT2D eigenvalue weighted by Crippen LogP contribution is -2.20. The maximum absolute atomic E-state index is 14.3. The molecule has 1 fully saturated rings. The van der Waals surface area contributed by atoms with Crippen molar-refractivity contribution in [2.24, 2.45) is 5.92 Å². The highest BCUT2D eigenvalue weighted by Crippen LogP contribution is 2.47. The highest BCUT2D eigenvalue weighted by Gasteiger charge is 2.36. The maximum atomic E-state index is 14.3. The van der Waals surface area contributed by atoms with Crippen molar-refractivity contribution in [1.82, 2.24) is 9.55 Å². The molecule has 2 N–H and O–H groups in total. The molecule has 0 amide bonds. The van der Waals surface area contributed by atoms with Gasteiger partial charge in [0, 0.05) is 25.3 Å². The van der Waals surface area contributed by atoms with Crippen LogP contribution < -0.4 is 0 Å². The summed E-state index contributed by atoms with van der Waals surface area (Å²) < 4.78 is 20.7. The van der Waals surface area contributed by atoms with Gasteiger partial charge in [0.25, 0.3) is 0 Å². The van der Waals surface area contributed by atoms with Crippen molar-refractivity contribution >= 4 is 0 Å². The maximum Gasteiger partial charge on any atom is 0.129 e. The van der Waals surface area contributed by atoms with Gasteiger partial charge >= 0.3 is 0 Å². The van der Waals surface area contributed by atoms with E-state index in [2.05, 4.69) is 28.1 Å². The number of benzene rings is 1. The minimum Gasteiger partial charge on any atom is -0.412 e. The molecule has 1 aromatic carbocycles. The van der Waals surface area contributed by atoms with Gasteiger partial charge in [-0.1, -0.05) is 51.7 Å². The van der Waals surface area contributed by atoms with E-state index in [4.69, 9.17) is 0 Å². The molecule has 1 aliphatic carbocycles. The van der Waals surface area contributed by atoms with Crippen LogP contribution in [0.15, 0.2) is 30.7 Å². The molecule has 1 aliphatic heterocycles. The fourth-order valence-corrected chi connectivity index (χ4v) is 3.85. The smallest absolute Gasteiger partial charge is 0.129 e. The number of methoxy groups -OCH3 is 1. The van der Waals surface area contributed by atoms with Crippen LogP contribution in [0.4, 0.5) is 4.39 Å². The van der Waals surface area contributed by atoms with E-state index in [1.54, 1.807) is 26.4 Å². The van der Waals surface area contributed by atoms with Crippen LogP contribution in [0.25, 0.3) is 11.3 Å². The molecule has 0 spiro atoms. The summed E-state index contributed by atoms with van der Waals surface area (Å²) in [6, 6.07) is 5.58. The Balaban J connectivity index is 0.000000431. The van der Waals surface area contributed by atoms with Gasteiger partial charge < -0.3 is 14.8 Å². The van der Waals surface area contributed by atoms with Gasteiger partial charge in [0.1, 0.15) is 5.82 Å². The van der Waals surface area contributed by atoms with E-state index >= 15 is 0 Å². The minimum atomic E-state index is -0.0585. The van der Waals surface area contributed by atoms with E-state index in [-0.39, 0.29) is 17.3 Å². The lowest BCUT2D eigenvalue weighted by molar-refractivity contribution is 0.277. The summed E-state index contributed by atoms with van der Waals surface area (Å²) in [5, 5.41) is 0. The number of hydrogen-bond acceptors (Lipinski definition) is 2. The molecule has 1 atom stereocenters. The van der Waals surface area contributed by atoms with Crippen molar-refractivity contribution in [3.05, 3.63) is 42.1 Å². The molecular formula is C21H33FN2O2. The van der Waals surface area contributed by atoms with Crippen LogP contribution in [0.1, 0.15) is 64.0 Å². The first-order chi connectivity index (χ1) is 12.2. The number of nitrogens with zero attached hydrogens (tertiary/aromatic N) is 2. The zero-order chi connectivity index (χ0) is 18.2. The first-order valence-corrected chi connectivity index (χ1v) is 9.40. The molecule has 1 aromatic heterocycles. The number of hydrogen-bond donors (Lipinski definition) is 0. The Bertz CT molecular complexity index is 649. The van der Waals surface area contributed by atoms with Crippen molar-refractivity contribution in [3.63, 3.8) is 0 Å². The van der Waals surface area contributed by atoms with Gasteiger partial charge in [-0.05, 0) is 24.8 Å². The van der Waals surface area contributed by atoms with E-state index in [0.29, 0.717) is 5.92 Å². The number of aromatic nitrogens is 2. The van der Waals surface area contributed by atoms with Crippen molar-refractivity contribution in [3.8, 4) is 11.3 Å². The number of halogens is 1. The van der Waals surface area contributed by atoms with Gasteiger partial charge in [-0.15, -0.1) is 0 Å². The van der Waals surface area contributed by atoms with Gasteiger partial charge in [0.15, 0.2) is 0 Å². The number of imidazole rings is 1. The molecule has 0 unspecified atom stereocenters. The Labute approximate surface area is 156 Å². The van der Waals surface area contributed by atoms with Crippen molar-refractivity contribution < 1.29 is 14.6 Å². The lowest BCUT2D eigenvalue weighted by Gasteiger charge is -2.29. The van der Waals surface area contributed by atoms with Gasteiger partial charge in [0.2, 0.25) is 0 Å². The first kappa shape index (κ1) is 22.3. The molecular weight excluding hydrogens is 331 g/mol. The highest BCUT2D eigenvalue weighted by molar-refractivity contribution is 5.69. The predicted octanol–water partition coefficient (Wildman–Crippen LogP) is 5.03. The van der Waals surface area contributed by atoms with Crippen molar-refractivity contribution in [1.29, 1.82) is 0 Å². The molecule has 5 heteroatoms. The Morgan fingerprint density at radius 3 is 2.38 bits per heavy atom. The molecule has 0 saturated heterocycles. The van der Waals surface area contributed by atoms with E-state index in [1.165, 1.54) is 38.5 Å². The molecule has 0 bridgehead atoms. The summed E-state index contributed by atoms with van der Waals surface area (Å²) in [5.74, 6) is 0.497. The molecule has 2 aromatic rings. The number of rotatable bonds is 1. The quantitative estimate of drug-likeness (QED) is 0.713. The van der Waals surface area contributed by atoms with Crippen LogP contribution in [-0.4, -0.2) is 29.2 Å². The van der Waals surface area contributed by atoms with Crippen LogP contribution in [0.2, 0.25) is 0 Å². The average Bonchev–Trinajstić information content (AvgIpc) is 3.19. The van der Waals surface area contributed by atoms with Gasteiger partial charge in [0.05, 0.1) is 24.3 Å². The van der Waals surface area contributed by atoms with Crippen LogP contribution in [0, 0.1) is 11.7 Å². The van der Waals surface area contributed by atoms with Crippen molar-refractivity contribution in [2.75, 3.05) is 14.2 Å². The van der Waals surface area contributed by atoms with Gasteiger partial charge in [-0.3, -0.25) is 0 Å². The Morgan fingerprint density at radius 2 is 1.77 bits per heavy atom. The van der Waals surface area contributed by atoms with Crippen LogP contribution in [0.5, 0.6) is 0 Å². The van der Waals surface area contributed by atoms with Crippen molar-refractivity contribution in [2.45, 2.75) is 58.4 Å². The monoisotopic (exact) mass is 364 g/mol. The predicted molar refractivity (Wildman–Crippen MR) is 105 cm³/mol. The summed E-state index contributed by atoms with van der Waals surface area (Å²) in [6.45, 7) is 4.25. The minimum absolute atomic E-state index is 0. The van der Waals surface area contributed by atoms with E-state index in [1.807, 2.05) is 18.6 Å². The SMILES string of the molecule is CCC.COC.Fc1cccc2c1[C@@H](C1CCCCC1)n1cncc1-2.O. The molecule has 2 aliphatic rings. The summed E-state index contributed by atoms with van der Waals surface area (Å²) in [4.78, 5) is 4.26. The van der Waals surface area contributed by atoms with Crippen LogP contribution in [0.3, 0.4) is 0 Å². The first-order valence-electron chi connectivity index (χ1n) is 9.40. The third-order valence-electron chi connectivity index (χ3n) is 4.69. The summed E-state index contributed by atoms with van der Waals surface area (Å²) in [5.41, 5.74) is 3.00. The zero-order valence-corrected chi connectivity index (χ0v) is 16.5. The molecule has 26 heavy (non-hydrogen) atoms. The second-order valence-electron chi connectivity index (χ2n) is 6.85. The second-order valence-corrected chi connectivity index (χ2v) is 6.85. The average molecular weight is 365 g/mol. The third kappa shape index (κ3) is 4.71. The van der Waals surface area contributed by atoms with Crippen LogP contribution >= 0.6 is 0 Å². The van der Waals surface area contributed by atoms with E-state index in [0.717, 1.165) is 16.8 Å².